The second-order valence-corrected chi connectivity index (χ2v) is 6.33. The van der Waals surface area contributed by atoms with Crippen LogP contribution in [0.25, 0.3) is 22.7 Å². The quantitative estimate of drug-likeness (QED) is 0.699. The molecule has 0 saturated heterocycles. The van der Waals surface area contributed by atoms with Crippen molar-refractivity contribution in [3.8, 4) is 11.5 Å². The average Bonchev–Trinajstić information content (AvgIpc) is 3.00. The average molecular weight is 354 g/mol. The van der Waals surface area contributed by atoms with Crippen molar-refractivity contribution in [2.45, 2.75) is 20.8 Å². The number of aromatic nitrogens is 2. The van der Waals surface area contributed by atoms with Crippen LogP contribution in [0.15, 0.2) is 40.9 Å². The number of pyridine rings is 1. The van der Waals surface area contributed by atoms with Gasteiger partial charge in [0.25, 0.3) is 0 Å². The fourth-order valence-electron chi connectivity index (χ4n) is 2.30. The molecule has 1 amide bonds. The SMILES string of the molecule is Cc1c(NC(=S)NC(=O)C(C)C)cccc1-c1nc2ncccc2o1. The molecule has 3 rings (SSSR count). The molecule has 3 aromatic rings. The Morgan fingerprint density at radius 1 is 1.24 bits per heavy atom. The van der Waals surface area contributed by atoms with E-state index in [1.807, 2.05) is 45.0 Å². The first-order valence-corrected chi connectivity index (χ1v) is 8.30. The van der Waals surface area contributed by atoms with Crippen LogP contribution in [0.2, 0.25) is 0 Å². The highest BCUT2D eigenvalue weighted by Gasteiger charge is 2.14. The summed E-state index contributed by atoms with van der Waals surface area (Å²) in [4.78, 5) is 20.4. The lowest BCUT2D eigenvalue weighted by Crippen LogP contribution is -2.36. The number of carbonyl (C=O) groups excluding carboxylic acids is 1. The molecule has 0 fully saturated rings. The highest BCUT2D eigenvalue weighted by Crippen LogP contribution is 2.29. The summed E-state index contributed by atoms with van der Waals surface area (Å²) in [5.41, 5.74) is 3.72. The molecule has 25 heavy (non-hydrogen) atoms. The van der Waals surface area contributed by atoms with Gasteiger partial charge in [-0.2, -0.15) is 4.98 Å². The Labute approximate surface area is 150 Å². The second kappa shape index (κ2) is 6.98. The first-order chi connectivity index (χ1) is 12.0. The Hall–Kier alpha value is -2.80. The van der Waals surface area contributed by atoms with E-state index in [2.05, 4.69) is 20.6 Å². The molecule has 7 heteroatoms. The van der Waals surface area contributed by atoms with Gasteiger partial charge in [0.2, 0.25) is 11.8 Å². The minimum absolute atomic E-state index is 0.128. The maximum Gasteiger partial charge on any atom is 0.229 e. The monoisotopic (exact) mass is 354 g/mol. The molecule has 6 nitrogen and oxygen atoms in total. The zero-order valence-corrected chi connectivity index (χ0v) is 15.0. The Morgan fingerprint density at radius 2 is 2.04 bits per heavy atom. The third-order valence-electron chi connectivity index (χ3n) is 3.74. The molecule has 2 aromatic heterocycles. The van der Waals surface area contributed by atoms with Gasteiger partial charge in [-0.15, -0.1) is 0 Å². The van der Waals surface area contributed by atoms with E-state index in [9.17, 15) is 4.79 Å². The van der Waals surface area contributed by atoms with Crippen molar-refractivity contribution < 1.29 is 9.21 Å². The highest BCUT2D eigenvalue weighted by molar-refractivity contribution is 7.80. The van der Waals surface area contributed by atoms with E-state index in [0.29, 0.717) is 17.1 Å². The summed E-state index contributed by atoms with van der Waals surface area (Å²) >= 11 is 5.21. The number of fused-ring (bicyclic) bond motifs is 1. The molecule has 1 aromatic carbocycles. The molecule has 0 radical (unpaired) electrons. The largest absolute Gasteiger partial charge is 0.434 e. The number of thiocarbonyl (C=S) groups is 1. The van der Waals surface area contributed by atoms with Crippen LogP contribution in [0, 0.1) is 12.8 Å². The minimum atomic E-state index is -0.139. The van der Waals surface area contributed by atoms with Crippen molar-refractivity contribution in [2.24, 2.45) is 5.92 Å². The second-order valence-electron chi connectivity index (χ2n) is 5.92. The fourth-order valence-corrected chi connectivity index (χ4v) is 2.51. The molecule has 0 saturated carbocycles. The highest BCUT2D eigenvalue weighted by atomic mass is 32.1. The zero-order chi connectivity index (χ0) is 18.0. The van der Waals surface area contributed by atoms with Crippen molar-refractivity contribution in [1.29, 1.82) is 0 Å². The number of hydrogen-bond acceptors (Lipinski definition) is 5. The topological polar surface area (TPSA) is 80.0 Å². The molecule has 0 aliphatic rings. The lowest BCUT2D eigenvalue weighted by atomic mass is 10.1. The third kappa shape index (κ3) is 3.66. The van der Waals surface area contributed by atoms with Gasteiger partial charge in [0.15, 0.2) is 16.3 Å². The number of benzene rings is 1. The molecule has 0 unspecified atom stereocenters. The molecule has 128 valence electrons. The van der Waals surface area contributed by atoms with Gasteiger partial charge in [0.05, 0.1) is 0 Å². The van der Waals surface area contributed by atoms with Crippen LogP contribution in [0.3, 0.4) is 0 Å². The summed E-state index contributed by atoms with van der Waals surface area (Å²) in [6, 6.07) is 9.30. The minimum Gasteiger partial charge on any atom is -0.434 e. The number of oxazole rings is 1. The number of carbonyl (C=O) groups is 1. The van der Waals surface area contributed by atoms with Crippen LogP contribution in [0.4, 0.5) is 5.69 Å². The predicted octanol–water partition coefficient (Wildman–Crippen LogP) is 3.67. The number of anilines is 1. The van der Waals surface area contributed by atoms with Gasteiger partial charge >= 0.3 is 0 Å². The number of nitrogens with one attached hydrogen (secondary N) is 2. The van der Waals surface area contributed by atoms with Gasteiger partial charge in [-0.3, -0.25) is 4.79 Å². The van der Waals surface area contributed by atoms with Crippen molar-refractivity contribution in [1.82, 2.24) is 15.3 Å². The summed E-state index contributed by atoms with van der Waals surface area (Å²) in [5.74, 6) is 0.225. The maximum atomic E-state index is 11.7. The normalized spacial score (nSPS) is 10.9. The molecule has 2 heterocycles. The van der Waals surface area contributed by atoms with E-state index >= 15 is 0 Å². The van der Waals surface area contributed by atoms with E-state index in [-0.39, 0.29) is 16.9 Å². The standard InChI is InChI=1S/C18H18N4O2S/c1-10(2)16(23)22-18(25)20-13-7-4-6-12(11(13)3)17-21-15-14(24-17)8-5-9-19-15/h4-10H,1-3H3,(H2,20,22,23,25). The van der Waals surface area contributed by atoms with Gasteiger partial charge < -0.3 is 15.1 Å². The molecule has 0 aliphatic heterocycles. The van der Waals surface area contributed by atoms with Gasteiger partial charge in [-0.25, -0.2) is 4.98 Å². The zero-order valence-electron chi connectivity index (χ0n) is 14.2. The Kier molecular flexibility index (Phi) is 4.76. The molecule has 0 spiro atoms. The first kappa shape index (κ1) is 17.0. The molecule has 2 N–H and O–H groups in total. The van der Waals surface area contributed by atoms with Crippen LogP contribution in [-0.2, 0) is 4.79 Å². The summed E-state index contributed by atoms with van der Waals surface area (Å²) < 4.78 is 5.79. The van der Waals surface area contributed by atoms with Crippen molar-refractivity contribution in [2.75, 3.05) is 5.32 Å². The Morgan fingerprint density at radius 3 is 2.76 bits per heavy atom. The van der Waals surface area contributed by atoms with Crippen LogP contribution < -0.4 is 10.6 Å². The van der Waals surface area contributed by atoms with E-state index in [1.54, 1.807) is 12.3 Å². The Balaban J connectivity index is 1.87. The summed E-state index contributed by atoms with van der Waals surface area (Å²) in [5, 5.41) is 5.98. The van der Waals surface area contributed by atoms with Gasteiger partial charge in [0.1, 0.15) is 0 Å². The molecular formula is C18H18N4O2S. The lowest BCUT2D eigenvalue weighted by Gasteiger charge is -2.14. The van der Waals surface area contributed by atoms with Crippen LogP contribution in [-0.4, -0.2) is 21.0 Å². The van der Waals surface area contributed by atoms with Crippen LogP contribution >= 0.6 is 12.2 Å². The molecule has 0 bridgehead atoms. The molecular weight excluding hydrogens is 336 g/mol. The lowest BCUT2D eigenvalue weighted by molar-refractivity contribution is -0.122. The molecule has 0 aliphatic carbocycles. The van der Waals surface area contributed by atoms with Gasteiger partial charge in [-0.05, 0) is 49.0 Å². The predicted molar refractivity (Wildman–Crippen MR) is 101 cm³/mol. The number of amides is 1. The van der Waals surface area contributed by atoms with E-state index in [0.717, 1.165) is 16.8 Å². The third-order valence-corrected chi connectivity index (χ3v) is 3.94. The summed E-state index contributed by atoms with van der Waals surface area (Å²) in [6.07, 6.45) is 1.68. The number of rotatable bonds is 3. The van der Waals surface area contributed by atoms with Crippen molar-refractivity contribution >= 4 is 40.2 Å². The van der Waals surface area contributed by atoms with Gasteiger partial charge in [0, 0.05) is 23.4 Å². The van der Waals surface area contributed by atoms with Crippen molar-refractivity contribution in [3.05, 3.63) is 42.1 Å². The van der Waals surface area contributed by atoms with Crippen LogP contribution in [0.1, 0.15) is 19.4 Å². The summed E-state index contributed by atoms with van der Waals surface area (Å²) in [7, 11) is 0. The smallest absolute Gasteiger partial charge is 0.229 e. The van der Waals surface area contributed by atoms with Gasteiger partial charge in [-0.1, -0.05) is 19.9 Å². The number of hydrogen-bond donors (Lipinski definition) is 2. The van der Waals surface area contributed by atoms with E-state index in [4.69, 9.17) is 16.6 Å². The molecule has 0 atom stereocenters. The summed E-state index contributed by atoms with van der Waals surface area (Å²) in [6.45, 7) is 5.56. The van der Waals surface area contributed by atoms with Crippen molar-refractivity contribution in [3.63, 3.8) is 0 Å². The number of nitrogens with zero attached hydrogens (tertiary/aromatic N) is 2. The first-order valence-electron chi connectivity index (χ1n) is 7.89. The van der Waals surface area contributed by atoms with E-state index < -0.39 is 0 Å². The van der Waals surface area contributed by atoms with Crippen LogP contribution in [0.5, 0.6) is 0 Å². The fraction of sp³-hybridized carbons (Fsp3) is 0.222. The Bertz CT molecular complexity index is 916. The van der Waals surface area contributed by atoms with E-state index in [1.165, 1.54) is 0 Å². The maximum absolute atomic E-state index is 11.7.